The second kappa shape index (κ2) is 10.3. The minimum Gasteiger partial charge on any atom is -0.370 e. The second-order valence-electron chi connectivity index (χ2n) is 7.53. The van der Waals surface area contributed by atoms with Crippen molar-refractivity contribution in [1.82, 2.24) is 5.32 Å². The topological polar surface area (TPSA) is 98.5 Å². The molecule has 9 heteroatoms. The first-order chi connectivity index (χ1) is 12.9. The Kier molecular flexibility index (Phi) is 9.02. The predicted octanol–water partition coefficient (Wildman–Crippen LogP) is 3.76. The van der Waals surface area contributed by atoms with Crippen molar-refractivity contribution in [2.45, 2.75) is 76.6 Å². The number of hydrogen-bond acceptors (Lipinski definition) is 4. The number of nitrogens with one attached hydrogen (secondary N) is 1. The minimum absolute atomic E-state index is 0.0500. The van der Waals surface area contributed by atoms with Gasteiger partial charge in [-0.3, -0.25) is 9.59 Å². The molecule has 0 heterocycles. The van der Waals surface area contributed by atoms with Crippen LogP contribution in [0.1, 0.15) is 53.4 Å². The third-order valence-electron chi connectivity index (χ3n) is 4.95. The number of nitrogens with two attached hydrogens (primary N) is 1. The van der Waals surface area contributed by atoms with Gasteiger partial charge in [-0.25, -0.2) is 0 Å². The molecule has 1 atom stereocenters. The molecule has 28 heavy (non-hydrogen) atoms. The number of carbonyl (C=O) groups is 2. The molecular weight excluding hydrogens is 389 g/mol. The molecular formula is C19H31F2N2O4P. The SMILES string of the molecule is CC(C)P(=O)(C(C)C)C1(OC(F)F)C=CC(CNC(=O)CCCC(N)=O)=CC1. The lowest BCUT2D eigenvalue weighted by atomic mass is 10.0. The summed E-state index contributed by atoms with van der Waals surface area (Å²) in [5.74, 6) is -0.688. The first kappa shape index (κ1) is 24.5. The summed E-state index contributed by atoms with van der Waals surface area (Å²) >= 11 is 0. The van der Waals surface area contributed by atoms with Crippen molar-refractivity contribution < 1.29 is 27.7 Å². The van der Waals surface area contributed by atoms with E-state index in [4.69, 9.17) is 10.5 Å². The Hall–Kier alpha value is -1.53. The highest BCUT2D eigenvalue weighted by Gasteiger charge is 2.52. The maximum absolute atomic E-state index is 13.7. The Morgan fingerprint density at radius 2 is 1.86 bits per heavy atom. The van der Waals surface area contributed by atoms with Crippen molar-refractivity contribution in [3.05, 3.63) is 23.8 Å². The van der Waals surface area contributed by atoms with Crippen LogP contribution in [-0.4, -0.2) is 41.6 Å². The summed E-state index contributed by atoms with van der Waals surface area (Å²) in [5, 5.41) is 1.15. The van der Waals surface area contributed by atoms with E-state index in [0.717, 1.165) is 5.57 Å². The van der Waals surface area contributed by atoms with E-state index in [1.807, 2.05) is 0 Å². The van der Waals surface area contributed by atoms with Crippen molar-refractivity contribution in [3.8, 4) is 0 Å². The number of carbonyl (C=O) groups excluding carboxylic acids is 2. The quantitative estimate of drug-likeness (QED) is 0.497. The van der Waals surface area contributed by atoms with Gasteiger partial charge in [-0.2, -0.15) is 8.78 Å². The van der Waals surface area contributed by atoms with Gasteiger partial charge in [0, 0.05) is 37.1 Å². The Labute approximate surface area is 165 Å². The molecule has 0 saturated heterocycles. The standard InChI is InChI=1S/C19H31F2N2O4P/c1-13(2)28(26,14(3)4)19(27-18(20)21)10-8-15(9-11-19)12-23-17(25)7-5-6-16(22)24/h8-10,13-14,18H,5-7,11-12H2,1-4H3,(H2,22,24)(H,23,25). The van der Waals surface area contributed by atoms with E-state index in [-0.39, 0.29) is 43.0 Å². The molecule has 0 spiro atoms. The molecule has 1 rings (SSSR count). The highest BCUT2D eigenvalue weighted by molar-refractivity contribution is 7.66. The second-order valence-corrected chi connectivity index (χ2v) is 11.8. The number of rotatable bonds is 11. The van der Waals surface area contributed by atoms with Crippen LogP contribution in [0.15, 0.2) is 23.8 Å². The van der Waals surface area contributed by atoms with Crippen molar-refractivity contribution in [1.29, 1.82) is 0 Å². The maximum atomic E-state index is 13.7. The third-order valence-corrected chi connectivity index (χ3v) is 9.64. The van der Waals surface area contributed by atoms with Crippen LogP contribution >= 0.6 is 7.14 Å². The van der Waals surface area contributed by atoms with Crippen molar-refractivity contribution in [3.63, 3.8) is 0 Å². The number of ether oxygens (including phenoxy) is 1. The molecule has 0 aliphatic heterocycles. The van der Waals surface area contributed by atoms with Crippen LogP contribution in [0.3, 0.4) is 0 Å². The number of alkyl halides is 2. The van der Waals surface area contributed by atoms with Gasteiger partial charge < -0.3 is 20.4 Å². The lowest BCUT2D eigenvalue weighted by molar-refractivity contribution is -0.164. The summed E-state index contributed by atoms with van der Waals surface area (Å²) < 4.78 is 45.0. The highest BCUT2D eigenvalue weighted by atomic mass is 31.2. The fraction of sp³-hybridized carbons (Fsp3) is 0.684. The van der Waals surface area contributed by atoms with Gasteiger partial charge in [0.15, 0.2) is 0 Å². The van der Waals surface area contributed by atoms with Crippen LogP contribution in [0.5, 0.6) is 0 Å². The molecule has 0 radical (unpaired) electrons. The van der Waals surface area contributed by atoms with Crippen molar-refractivity contribution >= 4 is 19.0 Å². The van der Waals surface area contributed by atoms with Gasteiger partial charge >= 0.3 is 6.61 Å². The van der Waals surface area contributed by atoms with Crippen LogP contribution < -0.4 is 11.1 Å². The Morgan fingerprint density at radius 1 is 1.25 bits per heavy atom. The van der Waals surface area contributed by atoms with Crippen LogP contribution in [-0.2, 0) is 18.9 Å². The van der Waals surface area contributed by atoms with E-state index in [2.05, 4.69) is 5.32 Å². The summed E-state index contributed by atoms with van der Waals surface area (Å²) in [6.07, 6.45) is 5.48. The minimum atomic E-state index is -3.18. The van der Waals surface area contributed by atoms with Gasteiger partial charge in [0.25, 0.3) is 0 Å². The third kappa shape index (κ3) is 5.98. The molecule has 2 amide bonds. The molecule has 0 saturated carbocycles. The van der Waals surface area contributed by atoms with Gasteiger partial charge in [-0.15, -0.1) is 0 Å². The van der Waals surface area contributed by atoms with Gasteiger partial charge in [0.1, 0.15) is 12.5 Å². The van der Waals surface area contributed by atoms with Crippen LogP contribution in [0.2, 0.25) is 0 Å². The van der Waals surface area contributed by atoms with Gasteiger partial charge in [-0.05, 0) is 18.1 Å². The number of amides is 2. The molecule has 6 nitrogen and oxygen atoms in total. The van der Waals surface area contributed by atoms with E-state index < -0.39 is 25.0 Å². The smallest absolute Gasteiger partial charge is 0.346 e. The number of halogens is 2. The van der Waals surface area contributed by atoms with Gasteiger partial charge in [-0.1, -0.05) is 39.8 Å². The molecule has 0 aromatic carbocycles. The zero-order valence-corrected chi connectivity index (χ0v) is 17.8. The van der Waals surface area contributed by atoms with Gasteiger partial charge in [0.05, 0.1) is 0 Å². The van der Waals surface area contributed by atoms with Crippen LogP contribution in [0.4, 0.5) is 8.78 Å². The zero-order valence-electron chi connectivity index (χ0n) is 16.9. The van der Waals surface area contributed by atoms with E-state index in [9.17, 15) is 22.9 Å². The maximum Gasteiger partial charge on any atom is 0.346 e. The van der Waals surface area contributed by atoms with Crippen LogP contribution in [0.25, 0.3) is 0 Å². The fourth-order valence-electron chi connectivity index (χ4n) is 3.55. The van der Waals surface area contributed by atoms with Crippen molar-refractivity contribution in [2.75, 3.05) is 6.54 Å². The monoisotopic (exact) mass is 420 g/mol. The molecule has 160 valence electrons. The van der Waals surface area contributed by atoms with E-state index in [1.54, 1.807) is 39.8 Å². The van der Waals surface area contributed by atoms with Crippen molar-refractivity contribution in [2.24, 2.45) is 5.73 Å². The molecule has 3 N–H and O–H groups in total. The highest BCUT2D eigenvalue weighted by Crippen LogP contribution is 2.68. The number of primary amides is 1. The molecule has 0 fully saturated rings. The van der Waals surface area contributed by atoms with Gasteiger partial charge in [0.2, 0.25) is 11.8 Å². The van der Waals surface area contributed by atoms with Crippen LogP contribution in [0, 0.1) is 0 Å². The predicted molar refractivity (Wildman–Crippen MR) is 106 cm³/mol. The Balaban J connectivity index is 2.85. The lowest BCUT2D eigenvalue weighted by Crippen LogP contribution is -2.39. The zero-order chi connectivity index (χ0) is 21.5. The summed E-state index contributed by atoms with van der Waals surface area (Å²) in [6.45, 7) is 4.21. The fourth-order valence-corrected chi connectivity index (χ4v) is 7.42. The first-order valence-corrected chi connectivity index (χ1v) is 11.3. The normalized spacial score (nSPS) is 20.0. The summed E-state index contributed by atoms with van der Waals surface area (Å²) in [6, 6.07) is 0. The molecule has 1 aliphatic rings. The average molecular weight is 420 g/mol. The number of hydrogen-bond donors (Lipinski definition) is 2. The first-order valence-electron chi connectivity index (χ1n) is 9.43. The lowest BCUT2D eigenvalue weighted by Gasteiger charge is -2.43. The Bertz CT molecular complexity index is 665. The summed E-state index contributed by atoms with van der Waals surface area (Å²) in [5.41, 5.74) is 5.10. The van der Waals surface area contributed by atoms with E-state index in [0.29, 0.717) is 6.42 Å². The summed E-state index contributed by atoms with van der Waals surface area (Å²) in [7, 11) is -3.18. The summed E-state index contributed by atoms with van der Waals surface area (Å²) in [4.78, 5) is 22.5. The Morgan fingerprint density at radius 3 is 2.29 bits per heavy atom. The molecule has 1 unspecified atom stereocenters. The molecule has 1 aliphatic carbocycles. The van der Waals surface area contributed by atoms with E-state index >= 15 is 0 Å². The molecule has 0 bridgehead atoms. The van der Waals surface area contributed by atoms with E-state index in [1.165, 1.54) is 6.08 Å². The molecule has 0 aromatic rings. The largest absolute Gasteiger partial charge is 0.370 e. The average Bonchev–Trinajstić information content (AvgIpc) is 2.59. The molecule has 0 aromatic heterocycles.